The van der Waals surface area contributed by atoms with E-state index in [4.69, 9.17) is 69.6 Å². The van der Waals surface area contributed by atoms with Crippen molar-refractivity contribution >= 4 is 69.6 Å². The van der Waals surface area contributed by atoms with Crippen molar-refractivity contribution in [1.29, 1.82) is 0 Å². The molecule has 0 aromatic heterocycles. The van der Waals surface area contributed by atoms with Gasteiger partial charge >= 0.3 is 0 Å². The molecule has 0 bridgehead atoms. The molecule has 6 heteroatoms. The Hall–Kier alpha value is 1.74. The molecule has 8 heavy (non-hydrogen) atoms. The molecule has 0 aromatic carbocycles. The maximum Gasteiger partial charge on any atom is 0.180 e. The van der Waals surface area contributed by atoms with Gasteiger partial charge in [0.05, 0.1) is 0 Å². The molecule has 0 nitrogen and oxygen atoms in total. The topological polar surface area (TPSA) is 0 Å². The Kier molecular flexibility index (Phi) is 13.6. The highest BCUT2D eigenvalue weighted by Crippen LogP contribution is 2.04. The highest BCUT2D eigenvalue weighted by atomic mass is 35.6. The fourth-order valence-electron chi connectivity index (χ4n) is 0. The molecule has 0 aromatic rings. The highest BCUT2D eigenvalue weighted by Gasteiger charge is 1.79. The summed E-state index contributed by atoms with van der Waals surface area (Å²) in [5, 5.41) is 0. The van der Waals surface area contributed by atoms with Crippen molar-refractivity contribution in [3.63, 3.8) is 0 Å². The maximum absolute atomic E-state index is 4.81. The molecule has 0 atom stereocenters. The standard InChI is InChI=1S/2CHCl3/c2*2-1(3)4/h2*1H. The van der Waals surface area contributed by atoms with Gasteiger partial charge in [0, 0.05) is 0 Å². The molecule has 0 amide bonds. The first-order chi connectivity index (χ1) is 3.46. The predicted octanol–water partition coefficient (Wildman–Crippen LogP) is 3.97. The number of hydrogen-bond acceptors (Lipinski definition) is 0. The monoisotopic (exact) mass is 236 g/mol. The summed E-state index contributed by atoms with van der Waals surface area (Å²) in [6.45, 7) is 0. The average Bonchev–Trinajstić information content (AvgIpc) is 1.25. The van der Waals surface area contributed by atoms with Crippen molar-refractivity contribution in [3.8, 4) is 0 Å². The fourth-order valence-corrected chi connectivity index (χ4v) is 0. The van der Waals surface area contributed by atoms with Crippen molar-refractivity contribution in [2.75, 3.05) is 0 Å². The van der Waals surface area contributed by atoms with Crippen LogP contribution in [0.4, 0.5) is 0 Å². The Morgan fingerprint density at radius 1 is 0.500 bits per heavy atom. The molecule has 0 spiro atoms. The van der Waals surface area contributed by atoms with Crippen LogP contribution in [0.15, 0.2) is 0 Å². The third-order valence-electron chi connectivity index (χ3n) is 0. The minimum absolute atomic E-state index is 0.750. The summed E-state index contributed by atoms with van der Waals surface area (Å²) in [6, 6.07) is 0. The SMILES string of the molecule is ClC(Cl)Cl.ClC(Cl)Cl. The van der Waals surface area contributed by atoms with Crippen molar-refractivity contribution in [2.45, 2.75) is 8.59 Å². The van der Waals surface area contributed by atoms with Gasteiger partial charge in [0.25, 0.3) is 0 Å². The second-order valence-electron chi connectivity index (χ2n) is 0.495. The van der Waals surface area contributed by atoms with Crippen molar-refractivity contribution in [1.82, 2.24) is 0 Å². The van der Waals surface area contributed by atoms with Crippen molar-refractivity contribution < 1.29 is 0 Å². The van der Waals surface area contributed by atoms with Crippen molar-refractivity contribution in [3.05, 3.63) is 0 Å². The van der Waals surface area contributed by atoms with E-state index in [-0.39, 0.29) is 0 Å². The highest BCUT2D eigenvalue weighted by molar-refractivity contribution is 6.63. The first-order valence-corrected chi connectivity index (χ1v) is 3.93. The van der Waals surface area contributed by atoms with E-state index in [0.717, 1.165) is 0 Å². The zero-order chi connectivity index (χ0) is 7.15. The van der Waals surface area contributed by atoms with Crippen LogP contribution in [0.25, 0.3) is 0 Å². The zero-order valence-corrected chi connectivity index (χ0v) is 7.96. The Morgan fingerprint density at radius 2 is 0.500 bits per heavy atom. The van der Waals surface area contributed by atoms with Gasteiger partial charge in [0.15, 0.2) is 8.59 Å². The average molecular weight is 239 g/mol. The lowest BCUT2D eigenvalue weighted by Crippen LogP contribution is -1.55. The minimum Gasteiger partial charge on any atom is -0.0874 e. The summed E-state index contributed by atoms with van der Waals surface area (Å²) < 4.78 is -1.50. The van der Waals surface area contributed by atoms with Crippen LogP contribution in [0.5, 0.6) is 0 Å². The van der Waals surface area contributed by atoms with Gasteiger partial charge in [-0.3, -0.25) is 0 Å². The van der Waals surface area contributed by atoms with Gasteiger partial charge in [0.1, 0.15) is 0 Å². The summed E-state index contributed by atoms with van der Waals surface area (Å²) in [6.07, 6.45) is 0. The first kappa shape index (κ1) is 12.4. The Morgan fingerprint density at radius 3 is 0.500 bits per heavy atom. The molecule has 0 heterocycles. The van der Waals surface area contributed by atoms with Crippen molar-refractivity contribution in [2.24, 2.45) is 0 Å². The summed E-state index contributed by atoms with van der Waals surface area (Å²) in [5.41, 5.74) is 0. The fraction of sp³-hybridized carbons (Fsp3) is 1.00. The quantitative estimate of drug-likeness (QED) is 0.560. The molecule has 52 valence electrons. The molecule has 0 radical (unpaired) electrons. The molecule has 0 aliphatic heterocycles. The molecule has 0 N–H and O–H groups in total. The summed E-state index contributed by atoms with van der Waals surface area (Å²) in [4.78, 5) is 0. The smallest absolute Gasteiger partial charge is 0.0874 e. The third kappa shape index (κ3) is 116. The van der Waals surface area contributed by atoms with Crippen LogP contribution in [-0.2, 0) is 0 Å². The van der Waals surface area contributed by atoms with Crippen LogP contribution in [0.2, 0.25) is 0 Å². The Labute approximate surface area is 77.9 Å². The van der Waals surface area contributed by atoms with Crippen LogP contribution in [-0.4, -0.2) is 8.59 Å². The molecule has 0 aliphatic carbocycles. The number of rotatable bonds is 0. The molecular weight excluding hydrogens is 237 g/mol. The lowest BCUT2D eigenvalue weighted by molar-refractivity contribution is 1.96. The van der Waals surface area contributed by atoms with E-state index in [2.05, 4.69) is 0 Å². The predicted molar refractivity (Wildman–Crippen MR) is 42.7 cm³/mol. The van der Waals surface area contributed by atoms with Crippen LogP contribution in [0.1, 0.15) is 0 Å². The molecule has 0 fully saturated rings. The third-order valence-corrected chi connectivity index (χ3v) is 0. The van der Waals surface area contributed by atoms with Gasteiger partial charge in [-0.25, -0.2) is 0 Å². The first-order valence-electron chi connectivity index (χ1n) is 1.31. The minimum atomic E-state index is -0.750. The molecular formula is C2H2Cl6. The van der Waals surface area contributed by atoms with Gasteiger partial charge < -0.3 is 0 Å². The van der Waals surface area contributed by atoms with Gasteiger partial charge in [0.2, 0.25) is 0 Å². The van der Waals surface area contributed by atoms with E-state index in [1.165, 1.54) is 0 Å². The van der Waals surface area contributed by atoms with E-state index < -0.39 is 8.59 Å². The van der Waals surface area contributed by atoms with Gasteiger partial charge in [-0.1, -0.05) is 69.6 Å². The largest absolute Gasteiger partial charge is 0.180 e. The van der Waals surface area contributed by atoms with E-state index in [0.29, 0.717) is 0 Å². The zero-order valence-electron chi connectivity index (χ0n) is 3.42. The van der Waals surface area contributed by atoms with Crippen LogP contribution in [0, 0.1) is 0 Å². The van der Waals surface area contributed by atoms with Crippen LogP contribution >= 0.6 is 69.6 Å². The summed E-state index contributed by atoms with van der Waals surface area (Å²) in [5.74, 6) is 0. The molecule has 0 rings (SSSR count). The number of alkyl halides is 6. The van der Waals surface area contributed by atoms with Crippen LogP contribution < -0.4 is 0 Å². The Balaban J connectivity index is 0. The molecule has 0 aliphatic rings. The maximum atomic E-state index is 4.81. The lowest BCUT2D eigenvalue weighted by atomic mass is 11.9. The lowest BCUT2D eigenvalue weighted by Gasteiger charge is -1.69. The second-order valence-corrected chi connectivity index (χ2v) is 4.45. The van der Waals surface area contributed by atoms with Gasteiger partial charge in [-0.2, -0.15) is 0 Å². The molecule has 0 unspecified atom stereocenters. The van der Waals surface area contributed by atoms with E-state index in [1.807, 2.05) is 0 Å². The molecule has 0 saturated carbocycles. The number of hydrogen-bond donors (Lipinski definition) is 0. The van der Waals surface area contributed by atoms with E-state index in [9.17, 15) is 0 Å². The Bertz CT molecular complexity index is 22.0. The van der Waals surface area contributed by atoms with Gasteiger partial charge in [-0.15, -0.1) is 0 Å². The molecule has 0 saturated heterocycles. The second kappa shape index (κ2) is 8.74. The number of halogens is 6. The summed E-state index contributed by atoms with van der Waals surface area (Å²) in [7, 11) is 0. The summed E-state index contributed by atoms with van der Waals surface area (Å²) >= 11 is 28.8. The van der Waals surface area contributed by atoms with Crippen LogP contribution in [0.3, 0.4) is 0 Å². The van der Waals surface area contributed by atoms with E-state index >= 15 is 0 Å². The van der Waals surface area contributed by atoms with Gasteiger partial charge in [-0.05, 0) is 0 Å². The van der Waals surface area contributed by atoms with E-state index in [1.54, 1.807) is 0 Å². The normalized spacial score (nSPS) is 9.00.